The van der Waals surface area contributed by atoms with Crippen LogP contribution in [0.25, 0.3) is 0 Å². The number of carbonyl (C=O) groups is 1. The molecule has 4 aliphatic carbocycles. The molecule has 8 atom stereocenters. The van der Waals surface area contributed by atoms with Crippen LogP contribution < -0.4 is 29.6 Å². The molecule has 0 aromatic rings. The molecule has 3 unspecified atom stereocenters. The van der Waals surface area contributed by atoms with E-state index in [1.165, 1.54) is 24.8 Å². The SMILES string of the molecule is CC(C)=CCC[C@@H](C)[C@H]1CCC2C3CC=C4C[C@@H](OS(=O)(=O)[O-])CC[C@]4(C(=O)O)C3CC[C@@]21C.[Na+]. The maximum absolute atomic E-state index is 12.8. The molecule has 192 valence electrons. The smallest absolute Gasteiger partial charge is 0.726 e. The zero-order valence-electron chi connectivity index (χ0n) is 22.1. The summed E-state index contributed by atoms with van der Waals surface area (Å²) in [6.07, 6.45) is 12.1. The molecule has 0 aliphatic heterocycles. The Labute approximate surface area is 233 Å². The summed E-state index contributed by atoms with van der Waals surface area (Å²) in [6.45, 7) is 9.19. The van der Waals surface area contributed by atoms with Crippen molar-refractivity contribution in [3.05, 3.63) is 23.3 Å². The molecule has 0 spiro atoms. The maximum atomic E-state index is 12.8. The van der Waals surface area contributed by atoms with E-state index in [0.29, 0.717) is 36.5 Å². The van der Waals surface area contributed by atoms with Crippen molar-refractivity contribution in [2.24, 2.45) is 40.4 Å². The van der Waals surface area contributed by atoms with Gasteiger partial charge >= 0.3 is 35.5 Å². The van der Waals surface area contributed by atoms with Gasteiger partial charge in [0, 0.05) is 0 Å². The Kier molecular flexibility index (Phi) is 9.15. The molecule has 3 saturated carbocycles. The van der Waals surface area contributed by atoms with E-state index in [1.54, 1.807) is 0 Å². The Balaban J connectivity index is 0.00000342. The second-order valence-corrected chi connectivity index (χ2v) is 13.1. The van der Waals surface area contributed by atoms with Gasteiger partial charge in [0.25, 0.3) is 0 Å². The van der Waals surface area contributed by atoms with E-state index in [2.05, 4.69) is 39.8 Å². The number of carboxylic acid groups (broad SMARTS) is 1. The first kappa shape index (κ1) is 29.4. The average Bonchev–Trinajstić information content (AvgIpc) is 3.09. The zero-order chi connectivity index (χ0) is 24.9. The van der Waals surface area contributed by atoms with Crippen LogP contribution in [0.1, 0.15) is 91.9 Å². The molecule has 35 heavy (non-hydrogen) atoms. The van der Waals surface area contributed by atoms with Crippen LogP contribution >= 0.6 is 0 Å². The van der Waals surface area contributed by atoms with Gasteiger partial charge in [0.2, 0.25) is 10.4 Å². The minimum absolute atomic E-state index is 0. The zero-order valence-corrected chi connectivity index (χ0v) is 24.9. The van der Waals surface area contributed by atoms with Gasteiger partial charge in [-0.1, -0.05) is 37.1 Å². The second kappa shape index (κ2) is 10.9. The Morgan fingerprint density at radius 1 is 1.23 bits per heavy atom. The summed E-state index contributed by atoms with van der Waals surface area (Å²) in [4.78, 5) is 12.8. The number of rotatable bonds is 7. The van der Waals surface area contributed by atoms with Gasteiger partial charge < -0.3 is 9.66 Å². The molecule has 0 amide bonds. The molecule has 0 aromatic heterocycles. The van der Waals surface area contributed by atoms with Crippen molar-refractivity contribution in [1.82, 2.24) is 0 Å². The molecule has 3 fully saturated rings. The van der Waals surface area contributed by atoms with Gasteiger partial charge in [-0.2, -0.15) is 0 Å². The van der Waals surface area contributed by atoms with Crippen molar-refractivity contribution >= 4 is 16.4 Å². The molecule has 0 radical (unpaired) electrons. The molecule has 0 heterocycles. The third kappa shape index (κ3) is 5.51. The molecular formula is C27H41NaO6S. The molecule has 0 aromatic carbocycles. The van der Waals surface area contributed by atoms with Crippen LogP contribution in [0.5, 0.6) is 0 Å². The van der Waals surface area contributed by atoms with E-state index in [0.717, 1.165) is 31.3 Å². The minimum Gasteiger partial charge on any atom is -0.726 e. The normalized spacial score (nSPS) is 39.2. The fraction of sp³-hybridized carbons (Fsp3) is 0.815. The van der Waals surface area contributed by atoms with Crippen molar-refractivity contribution in [2.45, 2.75) is 98.0 Å². The summed E-state index contributed by atoms with van der Waals surface area (Å²) in [7, 11) is -4.80. The summed E-state index contributed by atoms with van der Waals surface area (Å²) in [6, 6.07) is 0. The first-order valence-electron chi connectivity index (χ1n) is 13.1. The predicted molar refractivity (Wildman–Crippen MR) is 130 cm³/mol. The predicted octanol–water partition coefficient (Wildman–Crippen LogP) is 2.86. The number of allylic oxidation sites excluding steroid dienone is 3. The summed E-state index contributed by atoms with van der Waals surface area (Å²) in [5, 5.41) is 10.5. The Morgan fingerprint density at radius 2 is 1.94 bits per heavy atom. The van der Waals surface area contributed by atoms with Crippen molar-refractivity contribution in [2.75, 3.05) is 0 Å². The average molecular weight is 517 g/mol. The number of aliphatic carboxylic acids is 1. The monoisotopic (exact) mass is 516 g/mol. The third-order valence-corrected chi connectivity index (χ3v) is 10.7. The van der Waals surface area contributed by atoms with Crippen molar-refractivity contribution < 1.29 is 56.6 Å². The summed E-state index contributed by atoms with van der Waals surface area (Å²) < 4.78 is 38.1. The van der Waals surface area contributed by atoms with Crippen molar-refractivity contribution in [3.63, 3.8) is 0 Å². The van der Waals surface area contributed by atoms with E-state index >= 15 is 0 Å². The van der Waals surface area contributed by atoms with E-state index in [1.807, 2.05) is 0 Å². The number of carboxylic acids is 1. The van der Waals surface area contributed by atoms with Gasteiger partial charge in [-0.15, -0.1) is 0 Å². The summed E-state index contributed by atoms with van der Waals surface area (Å²) in [5.74, 6) is 1.52. The molecule has 0 bridgehead atoms. The molecule has 1 N–H and O–H groups in total. The molecule has 4 rings (SSSR count). The van der Waals surface area contributed by atoms with Crippen LogP contribution in [-0.2, 0) is 19.4 Å². The van der Waals surface area contributed by atoms with Gasteiger partial charge in [0.05, 0.1) is 11.5 Å². The van der Waals surface area contributed by atoms with Crippen LogP contribution in [0, 0.1) is 40.4 Å². The van der Waals surface area contributed by atoms with Crippen LogP contribution in [-0.4, -0.2) is 30.2 Å². The van der Waals surface area contributed by atoms with Gasteiger partial charge in [0.1, 0.15) is 0 Å². The minimum atomic E-state index is -4.80. The Hall–Kier alpha value is -0.180. The van der Waals surface area contributed by atoms with Crippen LogP contribution in [0.2, 0.25) is 0 Å². The molecular weight excluding hydrogens is 475 g/mol. The van der Waals surface area contributed by atoms with Crippen molar-refractivity contribution in [3.8, 4) is 0 Å². The Bertz CT molecular complexity index is 970. The van der Waals surface area contributed by atoms with E-state index in [9.17, 15) is 22.9 Å². The molecule has 0 saturated heterocycles. The van der Waals surface area contributed by atoms with E-state index in [4.69, 9.17) is 4.18 Å². The van der Waals surface area contributed by atoms with Crippen LogP contribution in [0.3, 0.4) is 0 Å². The summed E-state index contributed by atoms with van der Waals surface area (Å²) >= 11 is 0. The maximum Gasteiger partial charge on any atom is 1.00 e. The number of hydrogen-bond donors (Lipinski definition) is 1. The van der Waals surface area contributed by atoms with E-state index < -0.39 is 27.9 Å². The van der Waals surface area contributed by atoms with Crippen molar-refractivity contribution in [1.29, 1.82) is 0 Å². The fourth-order valence-corrected chi connectivity index (χ4v) is 9.23. The fourth-order valence-electron chi connectivity index (χ4n) is 8.74. The van der Waals surface area contributed by atoms with E-state index in [-0.39, 0.29) is 47.3 Å². The number of hydrogen-bond acceptors (Lipinski definition) is 5. The quantitative estimate of drug-likeness (QED) is 0.242. The third-order valence-electron chi connectivity index (χ3n) is 10.2. The number of fused-ring (bicyclic) bond motifs is 5. The standard InChI is InChI=1S/C27H42O6S.Na/c1-17(2)6-5-7-18(3)22-10-11-23-21-9-8-19-16-20(33-34(30,31)32)12-15-27(19,25(28)29)24(21)13-14-26(22,23)4;/h6,8,18,20-24H,5,7,9-16H2,1-4H3,(H,28,29)(H,30,31,32);/q;+1/p-1/t18-,20+,21?,22-,23?,24?,26-,27-;/m1./s1. The largest absolute Gasteiger partial charge is 1.00 e. The molecule has 8 heteroatoms. The van der Waals surface area contributed by atoms with Gasteiger partial charge in [0.15, 0.2) is 0 Å². The first-order chi connectivity index (χ1) is 15.9. The first-order valence-corrected chi connectivity index (χ1v) is 14.4. The van der Waals surface area contributed by atoms with Gasteiger partial charge in [-0.3, -0.25) is 8.98 Å². The Morgan fingerprint density at radius 3 is 2.57 bits per heavy atom. The van der Waals surface area contributed by atoms with Crippen LogP contribution in [0.4, 0.5) is 0 Å². The van der Waals surface area contributed by atoms with Gasteiger partial charge in [-0.05, 0) is 113 Å². The topological polar surface area (TPSA) is 104 Å². The summed E-state index contributed by atoms with van der Waals surface area (Å²) in [5.41, 5.74) is 1.48. The van der Waals surface area contributed by atoms with Crippen LogP contribution in [0.15, 0.2) is 23.3 Å². The van der Waals surface area contributed by atoms with Gasteiger partial charge in [-0.25, -0.2) is 8.42 Å². The second-order valence-electron chi connectivity index (χ2n) is 12.1. The molecule has 4 aliphatic rings. The molecule has 6 nitrogen and oxygen atoms in total.